The van der Waals surface area contributed by atoms with Crippen molar-refractivity contribution >= 4 is 27.7 Å². The van der Waals surface area contributed by atoms with E-state index >= 15 is 0 Å². The molecule has 1 aliphatic heterocycles. The highest BCUT2D eigenvalue weighted by Crippen LogP contribution is 2.71. The molecule has 4 saturated carbocycles. The molecule has 144 valence electrons. The number of rotatable bonds is 1. The number of fused-ring (bicyclic) bond motifs is 3. The Bertz CT molecular complexity index is 664. The number of carbonyl (C=O) groups excluding carboxylic acids is 2. The first-order valence-corrected chi connectivity index (χ1v) is 11.1. The van der Waals surface area contributed by atoms with Crippen LogP contribution in [-0.4, -0.2) is 34.9 Å². The average molecular weight is 425 g/mol. The number of alkyl halides is 1. The van der Waals surface area contributed by atoms with Crippen LogP contribution in [0.15, 0.2) is 0 Å². The number of halogens is 1. The Labute approximate surface area is 163 Å². The summed E-state index contributed by atoms with van der Waals surface area (Å²) in [6.45, 7) is 4.57. The monoisotopic (exact) mass is 424 g/mol. The number of esters is 1. The van der Waals surface area contributed by atoms with E-state index in [9.17, 15) is 9.59 Å². The van der Waals surface area contributed by atoms with Crippen LogP contribution in [-0.2, 0) is 19.1 Å². The van der Waals surface area contributed by atoms with Crippen LogP contribution >= 0.6 is 15.9 Å². The Hall–Kier alpha value is -0.420. The van der Waals surface area contributed by atoms with Crippen molar-refractivity contribution in [2.24, 2.45) is 28.6 Å². The second-order valence-electron chi connectivity index (χ2n) is 9.82. The highest BCUT2D eigenvalue weighted by atomic mass is 79.9. The van der Waals surface area contributed by atoms with Gasteiger partial charge in [0.05, 0.1) is 17.0 Å². The van der Waals surface area contributed by atoms with Crippen LogP contribution in [0.5, 0.6) is 0 Å². The molecule has 0 radical (unpaired) electrons. The molecule has 4 nitrogen and oxygen atoms in total. The van der Waals surface area contributed by atoms with Gasteiger partial charge in [-0.25, -0.2) is 0 Å². The molecule has 0 aromatic rings. The fourth-order valence-corrected chi connectivity index (χ4v) is 9.09. The number of ether oxygens (including phenoxy) is 2. The van der Waals surface area contributed by atoms with E-state index in [0.717, 1.165) is 58.0 Å². The molecule has 1 saturated heterocycles. The van der Waals surface area contributed by atoms with Gasteiger partial charge in [-0.05, 0) is 56.3 Å². The lowest BCUT2D eigenvalue weighted by Crippen LogP contribution is -2.63. The molecule has 0 unspecified atom stereocenters. The van der Waals surface area contributed by atoms with Gasteiger partial charge in [0, 0.05) is 30.6 Å². The molecule has 0 N–H and O–H groups in total. The van der Waals surface area contributed by atoms with Crippen LogP contribution < -0.4 is 0 Å². The lowest BCUT2D eigenvalue weighted by atomic mass is 9.45. The summed E-state index contributed by atoms with van der Waals surface area (Å²) in [4.78, 5) is 24.1. The van der Waals surface area contributed by atoms with Gasteiger partial charge in [-0.2, -0.15) is 0 Å². The zero-order valence-electron chi connectivity index (χ0n) is 15.8. The molecule has 0 amide bonds. The van der Waals surface area contributed by atoms with Gasteiger partial charge in [0.25, 0.3) is 0 Å². The van der Waals surface area contributed by atoms with Gasteiger partial charge in [-0.3, -0.25) is 9.59 Å². The average Bonchev–Trinajstić information content (AvgIpc) is 2.95. The lowest BCUT2D eigenvalue weighted by Gasteiger charge is -2.62. The van der Waals surface area contributed by atoms with Crippen molar-refractivity contribution in [3.63, 3.8) is 0 Å². The summed E-state index contributed by atoms with van der Waals surface area (Å²) in [7, 11) is 0. The zero-order valence-corrected chi connectivity index (χ0v) is 17.3. The number of hydrogen-bond acceptors (Lipinski definition) is 4. The van der Waals surface area contributed by atoms with Crippen LogP contribution in [0.2, 0.25) is 0 Å². The van der Waals surface area contributed by atoms with Gasteiger partial charge in [-0.15, -0.1) is 0 Å². The van der Waals surface area contributed by atoms with Crippen LogP contribution in [0.4, 0.5) is 0 Å². The Morgan fingerprint density at radius 2 is 2.04 bits per heavy atom. The molecule has 0 spiro atoms. The number of carbonyl (C=O) groups is 2. The smallest absolute Gasteiger partial charge is 0.302 e. The molecule has 26 heavy (non-hydrogen) atoms. The molecule has 5 fully saturated rings. The molecule has 0 aromatic heterocycles. The van der Waals surface area contributed by atoms with Crippen LogP contribution in [0.1, 0.15) is 65.2 Å². The molecule has 5 rings (SSSR count). The van der Waals surface area contributed by atoms with Gasteiger partial charge in [0.15, 0.2) is 0 Å². The Morgan fingerprint density at radius 3 is 2.81 bits per heavy atom. The van der Waals surface area contributed by atoms with Crippen LogP contribution in [0, 0.1) is 28.6 Å². The first-order chi connectivity index (χ1) is 12.3. The third-order valence-corrected chi connectivity index (χ3v) is 10.6. The standard InChI is InChI=1S/C21H29BrO4/c1-12(23)26-13-5-8-20-11-25-18(21(20,22)10-13)9-14-15-3-4-17(24)19(15,2)7-6-16(14)20/h13-16,18H,3-11H2,1-2H3/t13-,14-,15-,16-,18+,19-,20-,21-/m0/s1. The summed E-state index contributed by atoms with van der Waals surface area (Å²) < 4.78 is 11.9. The van der Waals surface area contributed by atoms with Crippen molar-refractivity contribution in [3.05, 3.63) is 0 Å². The minimum Gasteiger partial charge on any atom is -0.463 e. The van der Waals surface area contributed by atoms with Gasteiger partial charge in [-0.1, -0.05) is 22.9 Å². The maximum Gasteiger partial charge on any atom is 0.302 e. The minimum atomic E-state index is -0.179. The molecule has 8 atom stereocenters. The molecular weight excluding hydrogens is 396 g/mol. The summed E-state index contributed by atoms with van der Waals surface area (Å²) >= 11 is 4.16. The van der Waals surface area contributed by atoms with Crippen LogP contribution in [0.3, 0.4) is 0 Å². The Morgan fingerprint density at radius 1 is 1.23 bits per heavy atom. The van der Waals surface area contributed by atoms with E-state index in [4.69, 9.17) is 9.47 Å². The van der Waals surface area contributed by atoms with Gasteiger partial charge in [0.2, 0.25) is 0 Å². The molecule has 1 heterocycles. The van der Waals surface area contributed by atoms with E-state index in [1.165, 1.54) is 6.92 Å². The van der Waals surface area contributed by atoms with Crippen molar-refractivity contribution < 1.29 is 19.1 Å². The van der Waals surface area contributed by atoms with Gasteiger partial charge >= 0.3 is 5.97 Å². The number of hydrogen-bond donors (Lipinski definition) is 0. The molecular formula is C21H29BrO4. The summed E-state index contributed by atoms with van der Waals surface area (Å²) in [6, 6.07) is 0. The third-order valence-electron chi connectivity index (χ3n) is 8.99. The molecule has 5 aliphatic rings. The van der Waals surface area contributed by atoms with Crippen molar-refractivity contribution in [1.29, 1.82) is 0 Å². The summed E-state index contributed by atoms with van der Waals surface area (Å²) in [6.07, 6.45) is 8.13. The summed E-state index contributed by atoms with van der Waals surface area (Å²) in [5, 5.41) is 0. The molecule has 2 bridgehead atoms. The predicted molar refractivity (Wildman–Crippen MR) is 99.9 cm³/mol. The molecule has 5 heteroatoms. The minimum absolute atomic E-state index is 0.00247. The van der Waals surface area contributed by atoms with E-state index in [1.54, 1.807) is 0 Å². The van der Waals surface area contributed by atoms with Crippen molar-refractivity contribution in [2.45, 2.75) is 81.7 Å². The Kier molecular flexibility index (Phi) is 3.78. The highest BCUT2D eigenvalue weighted by molar-refractivity contribution is 9.10. The first-order valence-electron chi connectivity index (χ1n) is 10.3. The zero-order chi connectivity index (χ0) is 18.3. The first kappa shape index (κ1) is 17.7. The normalized spacial score (nSPS) is 55.0. The van der Waals surface area contributed by atoms with Crippen molar-refractivity contribution in [3.8, 4) is 0 Å². The lowest BCUT2D eigenvalue weighted by molar-refractivity contribution is -0.154. The quantitative estimate of drug-likeness (QED) is 0.470. The predicted octanol–water partition coefficient (Wildman–Crippen LogP) is 4.04. The number of Topliss-reactive ketones (excluding diaryl/α,β-unsaturated/α-hetero) is 1. The van der Waals surface area contributed by atoms with E-state index in [1.807, 2.05) is 0 Å². The number of ketones is 1. The fourth-order valence-electron chi connectivity index (χ4n) is 7.80. The fraction of sp³-hybridized carbons (Fsp3) is 0.905. The molecule has 0 aromatic carbocycles. The maximum atomic E-state index is 12.6. The Balaban J connectivity index is 1.48. The summed E-state index contributed by atoms with van der Waals surface area (Å²) in [5.41, 5.74) is 0.0582. The SMILES string of the molecule is CC(=O)O[C@H]1CC[C@]23CO[C@H](C[C@@H]4[C@@H]2CC[C@]2(C)C(=O)CC[C@@H]42)[C@@]3(Br)C1. The second kappa shape index (κ2) is 5.56. The molecule has 4 aliphatic carbocycles. The highest BCUT2D eigenvalue weighted by Gasteiger charge is 2.72. The van der Waals surface area contributed by atoms with E-state index < -0.39 is 0 Å². The van der Waals surface area contributed by atoms with E-state index in [2.05, 4.69) is 22.9 Å². The third kappa shape index (κ3) is 2.05. The van der Waals surface area contributed by atoms with Crippen LogP contribution in [0.25, 0.3) is 0 Å². The maximum absolute atomic E-state index is 12.6. The summed E-state index contributed by atoms with van der Waals surface area (Å²) in [5.74, 6) is 2.10. The topological polar surface area (TPSA) is 52.6 Å². The van der Waals surface area contributed by atoms with Crippen molar-refractivity contribution in [2.75, 3.05) is 6.61 Å². The second-order valence-corrected chi connectivity index (χ2v) is 11.2. The van der Waals surface area contributed by atoms with Gasteiger partial charge in [0.1, 0.15) is 11.9 Å². The van der Waals surface area contributed by atoms with Crippen molar-refractivity contribution in [1.82, 2.24) is 0 Å². The van der Waals surface area contributed by atoms with E-state index in [-0.39, 0.29) is 33.3 Å². The largest absolute Gasteiger partial charge is 0.463 e. The van der Waals surface area contributed by atoms with E-state index in [0.29, 0.717) is 23.5 Å². The van der Waals surface area contributed by atoms with Gasteiger partial charge < -0.3 is 9.47 Å².